The molecule has 0 aliphatic carbocycles. The van der Waals surface area contributed by atoms with Gasteiger partial charge in [-0.15, -0.1) is 0 Å². The summed E-state index contributed by atoms with van der Waals surface area (Å²) in [6.45, 7) is 4.28. The van der Waals surface area contributed by atoms with Crippen molar-refractivity contribution < 1.29 is 18.3 Å². The molecule has 8 heteroatoms. The molecule has 1 atom stereocenters. The minimum Gasteiger partial charge on any atom is -0.478 e. The summed E-state index contributed by atoms with van der Waals surface area (Å²) in [5, 5.41) is 13.2. The molecule has 35 heavy (non-hydrogen) atoms. The molecule has 0 aliphatic heterocycles. The van der Waals surface area contributed by atoms with Gasteiger partial charge >= 0.3 is 5.97 Å². The Balaban J connectivity index is 2.07. The zero-order valence-corrected chi connectivity index (χ0v) is 21.5. The Labute approximate surface area is 212 Å². The Morgan fingerprint density at radius 2 is 1.63 bits per heavy atom. The van der Waals surface area contributed by atoms with E-state index in [1.54, 1.807) is 24.3 Å². The van der Waals surface area contributed by atoms with Crippen LogP contribution in [0.1, 0.15) is 61.5 Å². The molecule has 3 rings (SSSR count). The average Bonchev–Trinajstić information content (AvgIpc) is 2.85. The second kappa shape index (κ2) is 12.1. The fourth-order valence-electron chi connectivity index (χ4n) is 3.93. The maximum atomic E-state index is 13.7. The lowest BCUT2D eigenvalue weighted by Crippen LogP contribution is -2.32. The van der Waals surface area contributed by atoms with Gasteiger partial charge in [0.2, 0.25) is 0 Å². The summed E-state index contributed by atoms with van der Waals surface area (Å²) in [4.78, 5) is 12.0. The normalized spacial score (nSPS) is 12.2. The predicted octanol–water partition coefficient (Wildman–Crippen LogP) is 6.99. The Bertz CT molecular complexity index is 1230. The lowest BCUT2D eigenvalue weighted by molar-refractivity contribution is 0.0697. The number of nitrogens with one attached hydrogen (secondary N) is 1. The quantitative estimate of drug-likeness (QED) is 0.272. The van der Waals surface area contributed by atoms with Crippen molar-refractivity contribution >= 4 is 39.0 Å². The summed E-state index contributed by atoms with van der Waals surface area (Å²) in [5.74, 6) is -1.23. The lowest BCUT2D eigenvalue weighted by Gasteiger charge is -2.26. The van der Waals surface area contributed by atoms with E-state index in [-0.39, 0.29) is 33.8 Å². The average molecular weight is 515 g/mol. The van der Waals surface area contributed by atoms with Gasteiger partial charge in [-0.25, -0.2) is 13.2 Å². The largest absolute Gasteiger partial charge is 0.478 e. The van der Waals surface area contributed by atoms with Gasteiger partial charge in [0.15, 0.2) is 0 Å². The van der Waals surface area contributed by atoms with E-state index in [4.69, 9.17) is 11.6 Å². The van der Waals surface area contributed by atoms with Crippen LogP contribution in [0.15, 0.2) is 77.7 Å². The van der Waals surface area contributed by atoms with Gasteiger partial charge in [-0.05, 0) is 42.7 Å². The van der Waals surface area contributed by atoms with E-state index in [0.717, 1.165) is 30.9 Å². The Morgan fingerprint density at radius 1 is 1.00 bits per heavy atom. The number of aromatic carboxylic acids is 1. The van der Waals surface area contributed by atoms with Crippen LogP contribution in [0.4, 0.5) is 11.4 Å². The van der Waals surface area contributed by atoms with Crippen molar-refractivity contribution in [2.24, 2.45) is 0 Å². The number of carboxylic acids is 1. The molecular formula is C27H31ClN2O4S. The number of benzene rings is 3. The number of unbranched alkanes of at least 4 members (excludes halogenated alkanes) is 1. The third-order valence-electron chi connectivity index (χ3n) is 5.74. The maximum absolute atomic E-state index is 13.7. The van der Waals surface area contributed by atoms with Crippen molar-refractivity contribution in [3.05, 3.63) is 88.9 Å². The van der Waals surface area contributed by atoms with E-state index in [1.165, 1.54) is 10.4 Å². The van der Waals surface area contributed by atoms with Crippen LogP contribution in [0.2, 0.25) is 5.02 Å². The molecule has 0 spiro atoms. The summed E-state index contributed by atoms with van der Waals surface area (Å²) in [6.07, 6.45) is 3.08. The molecular weight excluding hydrogens is 484 g/mol. The first-order valence-electron chi connectivity index (χ1n) is 11.8. The number of halogens is 1. The molecule has 0 saturated heterocycles. The molecule has 0 aliphatic rings. The first-order valence-corrected chi connectivity index (χ1v) is 13.6. The number of carbonyl (C=O) groups is 1. The number of anilines is 2. The summed E-state index contributed by atoms with van der Waals surface area (Å²) >= 11 is 6.52. The van der Waals surface area contributed by atoms with Crippen LogP contribution >= 0.6 is 11.6 Å². The molecule has 3 aromatic carbocycles. The van der Waals surface area contributed by atoms with E-state index in [1.807, 2.05) is 50.2 Å². The third-order valence-corrected chi connectivity index (χ3v) is 8.03. The highest BCUT2D eigenvalue weighted by Gasteiger charge is 2.29. The van der Waals surface area contributed by atoms with Gasteiger partial charge in [0.1, 0.15) is 4.90 Å². The highest BCUT2D eigenvalue weighted by Crippen LogP contribution is 2.35. The van der Waals surface area contributed by atoms with Crippen molar-refractivity contribution in [3.63, 3.8) is 0 Å². The topological polar surface area (TPSA) is 86.7 Å². The first-order chi connectivity index (χ1) is 16.8. The molecule has 0 heterocycles. The Hall–Kier alpha value is -3.03. The molecule has 2 N–H and O–H groups in total. The van der Waals surface area contributed by atoms with Crippen molar-refractivity contribution in [2.75, 3.05) is 16.2 Å². The minimum atomic E-state index is -4.11. The molecule has 1 unspecified atom stereocenters. The maximum Gasteiger partial charge on any atom is 0.337 e. The lowest BCUT2D eigenvalue weighted by atomic mass is 10.0. The van der Waals surface area contributed by atoms with E-state index in [0.29, 0.717) is 12.1 Å². The number of nitrogens with zero attached hydrogens (tertiary/aromatic N) is 1. The number of hydrogen-bond donors (Lipinski definition) is 2. The molecule has 0 amide bonds. The number of sulfonamides is 1. The highest BCUT2D eigenvalue weighted by molar-refractivity contribution is 7.93. The van der Waals surface area contributed by atoms with Crippen LogP contribution in [0.5, 0.6) is 0 Å². The number of hydrogen-bond acceptors (Lipinski definition) is 4. The Morgan fingerprint density at radius 3 is 2.20 bits per heavy atom. The molecule has 0 saturated carbocycles. The van der Waals surface area contributed by atoms with Crippen LogP contribution in [-0.2, 0) is 10.0 Å². The van der Waals surface area contributed by atoms with E-state index in [9.17, 15) is 18.3 Å². The van der Waals surface area contributed by atoms with Crippen LogP contribution in [-0.4, -0.2) is 26.0 Å². The summed E-state index contributed by atoms with van der Waals surface area (Å²) < 4.78 is 28.7. The SMILES string of the molecule is CCCCN(c1ccccc1)S(=O)(=O)c1cc(C(=O)O)c(NC(CCC)c2ccccc2)cc1Cl. The second-order valence-electron chi connectivity index (χ2n) is 8.30. The fourth-order valence-corrected chi connectivity index (χ4v) is 5.97. The van der Waals surface area contributed by atoms with Crippen LogP contribution < -0.4 is 9.62 Å². The van der Waals surface area contributed by atoms with Crippen molar-refractivity contribution in [3.8, 4) is 0 Å². The zero-order valence-electron chi connectivity index (χ0n) is 19.9. The molecule has 0 aromatic heterocycles. The zero-order chi connectivity index (χ0) is 25.4. The Kier molecular flexibility index (Phi) is 9.18. The number of rotatable bonds is 12. The van der Waals surface area contributed by atoms with Crippen molar-refractivity contribution in [1.82, 2.24) is 0 Å². The number of carboxylic acid groups (broad SMARTS) is 1. The molecule has 6 nitrogen and oxygen atoms in total. The van der Waals surface area contributed by atoms with Gasteiger partial charge in [-0.1, -0.05) is 86.8 Å². The monoisotopic (exact) mass is 514 g/mol. The van der Waals surface area contributed by atoms with Crippen molar-refractivity contribution in [1.29, 1.82) is 0 Å². The van der Waals surface area contributed by atoms with E-state index < -0.39 is 16.0 Å². The van der Waals surface area contributed by atoms with Gasteiger partial charge < -0.3 is 10.4 Å². The molecule has 186 valence electrons. The molecule has 0 radical (unpaired) electrons. The summed E-state index contributed by atoms with van der Waals surface area (Å²) in [5.41, 5.74) is 1.65. The van der Waals surface area contributed by atoms with Gasteiger partial charge in [-0.3, -0.25) is 4.31 Å². The third kappa shape index (κ3) is 6.35. The van der Waals surface area contributed by atoms with E-state index in [2.05, 4.69) is 5.32 Å². The van der Waals surface area contributed by atoms with Gasteiger partial charge in [0, 0.05) is 6.54 Å². The standard InChI is InChI=1S/C27H31ClN2O4S/c1-3-5-17-30(21-15-10-7-11-16-21)35(33,34)26-18-22(27(31)32)25(19-23(26)28)29-24(12-4-2)20-13-8-6-9-14-20/h6-11,13-16,18-19,24,29H,3-5,12,17H2,1-2H3,(H,31,32). The van der Waals surface area contributed by atoms with Crippen LogP contribution in [0.3, 0.4) is 0 Å². The van der Waals surface area contributed by atoms with Crippen LogP contribution in [0, 0.1) is 0 Å². The predicted molar refractivity (Wildman–Crippen MR) is 142 cm³/mol. The van der Waals surface area contributed by atoms with E-state index >= 15 is 0 Å². The molecule has 0 fully saturated rings. The number of para-hydroxylation sites is 1. The van der Waals surface area contributed by atoms with Crippen LogP contribution in [0.25, 0.3) is 0 Å². The van der Waals surface area contributed by atoms with Gasteiger partial charge in [-0.2, -0.15) is 0 Å². The summed E-state index contributed by atoms with van der Waals surface area (Å²) in [7, 11) is -4.11. The molecule has 0 bridgehead atoms. The first kappa shape index (κ1) is 26.6. The van der Waals surface area contributed by atoms with Gasteiger partial charge in [0.05, 0.1) is 28.0 Å². The smallest absolute Gasteiger partial charge is 0.337 e. The second-order valence-corrected chi connectivity index (χ2v) is 10.5. The van der Waals surface area contributed by atoms with Crippen molar-refractivity contribution in [2.45, 2.75) is 50.5 Å². The summed E-state index contributed by atoms with van der Waals surface area (Å²) in [6, 6.07) is 20.9. The minimum absolute atomic E-state index is 0.0294. The molecule has 3 aromatic rings. The highest BCUT2D eigenvalue weighted by atomic mass is 35.5. The fraction of sp³-hybridized carbons (Fsp3) is 0.296. The van der Waals surface area contributed by atoms with Gasteiger partial charge in [0.25, 0.3) is 10.0 Å².